The zero-order chi connectivity index (χ0) is 16.1. The summed E-state index contributed by atoms with van der Waals surface area (Å²) in [6.07, 6.45) is 2.17. The van der Waals surface area contributed by atoms with Crippen molar-refractivity contribution in [3.05, 3.63) is 33.8 Å². The van der Waals surface area contributed by atoms with Gasteiger partial charge < -0.3 is 9.64 Å². The summed E-state index contributed by atoms with van der Waals surface area (Å²) in [6, 6.07) is 4.92. The highest BCUT2D eigenvalue weighted by molar-refractivity contribution is 6.35. The van der Waals surface area contributed by atoms with Gasteiger partial charge in [0.05, 0.1) is 6.42 Å². The van der Waals surface area contributed by atoms with E-state index in [0.29, 0.717) is 21.5 Å². The second-order valence-corrected chi connectivity index (χ2v) is 6.50. The molecular formula is C16H19Cl2NO3. The molecule has 0 spiro atoms. The van der Waals surface area contributed by atoms with E-state index in [2.05, 4.69) is 6.92 Å². The highest BCUT2D eigenvalue weighted by atomic mass is 35.5. The summed E-state index contributed by atoms with van der Waals surface area (Å²) < 4.78 is 5.06. The minimum Gasteiger partial charge on any atom is -0.455 e. The zero-order valence-corrected chi connectivity index (χ0v) is 14.0. The third-order valence-corrected chi connectivity index (χ3v) is 4.30. The smallest absolute Gasteiger partial charge is 0.310 e. The normalized spacial score (nSPS) is 18.1. The minimum atomic E-state index is -0.470. The monoisotopic (exact) mass is 343 g/mol. The molecular weight excluding hydrogens is 325 g/mol. The van der Waals surface area contributed by atoms with Gasteiger partial charge in [-0.05, 0) is 36.5 Å². The van der Waals surface area contributed by atoms with Crippen molar-refractivity contribution >= 4 is 35.1 Å². The van der Waals surface area contributed by atoms with Crippen LogP contribution in [0.2, 0.25) is 10.0 Å². The molecule has 6 heteroatoms. The molecule has 1 saturated heterocycles. The number of hydrogen-bond donors (Lipinski definition) is 0. The molecule has 1 atom stereocenters. The van der Waals surface area contributed by atoms with Gasteiger partial charge in [-0.1, -0.05) is 36.2 Å². The first kappa shape index (κ1) is 17.1. The van der Waals surface area contributed by atoms with E-state index in [0.717, 1.165) is 25.9 Å². The Hall–Kier alpha value is -1.26. The molecule has 1 heterocycles. The molecule has 1 aromatic carbocycles. The molecule has 0 N–H and O–H groups in total. The van der Waals surface area contributed by atoms with Crippen LogP contribution in [0.5, 0.6) is 0 Å². The summed E-state index contributed by atoms with van der Waals surface area (Å²) in [5.41, 5.74) is 0.634. The summed E-state index contributed by atoms with van der Waals surface area (Å²) in [5, 5.41) is 0.928. The van der Waals surface area contributed by atoms with Gasteiger partial charge in [-0.25, -0.2) is 0 Å². The van der Waals surface area contributed by atoms with E-state index < -0.39 is 5.97 Å². The first-order valence-electron chi connectivity index (χ1n) is 7.33. The van der Waals surface area contributed by atoms with E-state index >= 15 is 0 Å². The lowest BCUT2D eigenvalue weighted by atomic mass is 10.0. The first-order chi connectivity index (χ1) is 10.5. The lowest BCUT2D eigenvalue weighted by Gasteiger charge is -2.30. The van der Waals surface area contributed by atoms with Crippen molar-refractivity contribution in [1.82, 2.24) is 4.90 Å². The molecule has 1 aliphatic rings. The first-order valence-corrected chi connectivity index (χ1v) is 8.08. The van der Waals surface area contributed by atoms with Crippen molar-refractivity contribution in [1.29, 1.82) is 0 Å². The van der Waals surface area contributed by atoms with Crippen LogP contribution in [0, 0.1) is 5.92 Å². The lowest BCUT2D eigenvalue weighted by molar-refractivity contribution is -0.152. The van der Waals surface area contributed by atoms with Crippen LogP contribution in [-0.4, -0.2) is 36.5 Å². The van der Waals surface area contributed by atoms with Gasteiger partial charge in [0.15, 0.2) is 6.61 Å². The second-order valence-electron chi connectivity index (χ2n) is 5.66. The molecule has 22 heavy (non-hydrogen) atoms. The van der Waals surface area contributed by atoms with Gasteiger partial charge in [-0.15, -0.1) is 0 Å². The van der Waals surface area contributed by atoms with E-state index in [1.54, 1.807) is 23.1 Å². The number of benzene rings is 1. The number of carbonyl (C=O) groups excluding carboxylic acids is 2. The average Bonchev–Trinajstić information content (AvgIpc) is 2.47. The van der Waals surface area contributed by atoms with Crippen LogP contribution in [-0.2, 0) is 20.7 Å². The number of carbonyl (C=O) groups is 2. The highest BCUT2D eigenvalue weighted by Gasteiger charge is 2.21. The van der Waals surface area contributed by atoms with E-state index in [9.17, 15) is 9.59 Å². The van der Waals surface area contributed by atoms with Crippen molar-refractivity contribution in [2.24, 2.45) is 5.92 Å². The molecule has 0 aliphatic carbocycles. The minimum absolute atomic E-state index is 0.0275. The molecule has 120 valence electrons. The predicted molar refractivity (Wildman–Crippen MR) is 86.1 cm³/mol. The summed E-state index contributed by atoms with van der Waals surface area (Å²) >= 11 is 11.8. The van der Waals surface area contributed by atoms with Crippen molar-refractivity contribution in [3.8, 4) is 0 Å². The van der Waals surface area contributed by atoms with Gasteiger partial charge in [0, 0.05) is 23.1 Å². The molecule has 1 aliphatic heterocycles. The number of likely N-dealkylation sites (tertiary alicyclic amines) is 1. The Labute approximate surface area is 140 Å². The van der Waals surface area contributed by atoms with Crippen LogP contribution in [0.15, 0.2) is 18.2 Å². The molecule has 1 unspecified atom stereocenters. The Morgan fingerprint density at radius 3 is 2.82 bits per heavy atom. The molecule has 4 nitrogen and oxygen atoms in total. The fourth-order valence-electron chi connectivity index (χ4n) is 2.52. The quantitative estimate of drug-likeness (QED) is 0.787. The van der Waals surface area contributed by atoms with Crippen LogP contribution in [0.3, 0.4) is 0 Å². The largest absolute Gasteiger partial charge is 0.455 e. The Kier molecular flexibility index (Phi) is 6.09. The number of nitrogens with zero attached hydrogens (tertiary/aromatic N) is 1. The molecule has 2 rings (SSSR count). The maximum atomic E-state index is 12.0. The van der Waals surface area contributed by atoms with E-state index in [1.807, 2.05) is 0 Å². The number of piperidine rings is 1. The number of hydrogen-bond acceptors (Lipinski definition) is 3. The average molecular weight is 344 g/mol. The molecule has 0 aromatic heterocycles. The Morgan fingerprint density at radius 1 is 1.36 bits per heavy atom. The van der Waals surface area contributed by atoms with Crippen LogP contribution in [0.1, 0.15) is 25.3 Å². The summed E-state index contributed by atoms with van der Waals surface area (Å²) in [7, 11) is 0. The maximum Gasteiger partial charge on any atom is 0.310 e. The van der Waals surface area contributed by atoms with Crippen molar-refractivity contribution in [3.63, 3.8) is 0 Å². The Bertz CT molecular complexity index is 562. The fourth-order valence-corrected chi connectivity index (χ4v) is 3.00. The number of esters is 1. The van der Waals surface area contributed by atoms with Crippen LogP contribution < -0.4 is 0 Å². The topological polar surface area (TPSA) is 46.6 Å². The van der Waals surface area contributed by atoms with Crippen molar-refractivity contribution in [2.75, 3.05) is 19.7 Å². The Balaban J connectivity index is 1.81. The summed E-state index contributed by atoms with van der Waals surface area (Å²) in [5.74, 6) is -0.106. The van der Waals surface area contributed by atoms with Gasteiger partial charge in [0.1, 0.15) is 0 Å². The van der Waals surface area contributed by atoms with Gasteiger partial charge in [-0.3, -0.25) is 9.59 Å². The third kappa shape index (κ3) is 4.89. The number of amides is 1. The number of ether oxygens (including phenoxy) is 1. The summed E-state index contributed by atoms with van der Waals surface area (Å²) in [4.78, 5) is 25.6. The van der Waals surface area contributed by atoms with Crippen LogP contribution >= 0.6 is 23.2 Å². The highest BCUT2D eigenvalue weighted by Crippen LogP contribution is 2.21. The maximum absolute atomic E-state index is 12.0. The predicted octanol–water partition coefficient (Wildman–Crippen LogP) is 3.34. The number of rotatable bonds is 4. The van der Waals surface area contributed by atoms with Crippen LogP contribution in [0.4, 0.5) is 0 Å². The number of halogens is 2. The molecule has 0 bridgehead atoms. The zero-order valence-electron chi connectivity index (χ0n) is 12.5. The SMILES string of the molecule is CC1CCCN(C(=O)COC(=O)Cc2ccc(Cl)cc2Cl)C1. The van der Waals surface area contributed by atoms with E-state index in [-0.39, 0.29) is 18.9 Å². The Morgan fingerprint density at radius 2 is 2.14 bits per heavy atom. The molecule has 0 radical (unpaired) electrons. The standard InChI is InChI=1S/C16H19Cl2NO3/c1-11-3-2-6-19(9-11)15(20)10-22-16(21)7-12-4-5-13(17)8-14(12)18/h4-5,8,11H,2-3,6-7,9-10H2,1H3. The lowest BCUT2D eigenvalue weighted by Crippen LogP contribution is -2.41. The van der Waals surface area contributed by atoms with E-state index in [1.165, 1.54) is 0 Å². The van der Waals surface area contributed by atoms with Crippen molar-refractivity contribution in [2.45, 2.75) is 26.2 Å². The van der Waals surface area contributed by atoms with Gasteiger partial charge in [-0.2, -0.15) is 0 Å². The van der Waals surface area contributed by atoms with Gasteiger partial charge in [0.2, 0.25) is 0 Å². The molecule has 1 fully saturated rings. The molecule has 1 aromatic rings. The van der Waals surface area contributed by atoms with Crippen LogP contribution in [0.25, 0.3) is 0 Å². The third-order valence-electron chi connectivity index (χ3n) is 3.72. The van der Waals surface area contributed by atoms with Gasteiger partial charge in [0.25, 0.3) is 5.91 Å². The van der Waals surface area contributed by atoms with Gasteiger partial charge >= 0.3 is 5.97 Å². The molecule has 0 saturated carbocycles. The fraction of sp³-hybridized carbons (Fsp3) is 0.500. The molecule has 1 amide bonds. The second kappa shape index (κ2) is 7.84. The summed E-state index contributed by atoms with van der Waals surface area (Å²) in [6.45, 7) is 3.38. The van der Waals surface area contributed by atoms with E-state index in [4.69, 9.17) is 27.9 Å². The van der Waals surface area contributed by atoms with Crippen molar-refractivity contribution < 1.29 is 14.3 Å².